The first-order chi connectivity index (χ1) is 15.2. The van der Waals surface area contributed by atoms with Crippen molar-refractivity contribution < 1.29 is 14.3 Å². The van der Waals surface area contributed by atoms with E-state index in [0.29, 0.717) is 23.1 Å². The van der Waals surface area contributed by atoms with Crippen LogP contribution in [0.25, 0.3) is 16.6 Å². The third-order valence-corrected chi connectivity index (χ3v) is 5.70. The maximum absolute atomic E-state index is 12.3. The second-order valence-corrected chi connectivity index (χ2v) is 7.60. The van der Waals surface area contributed by atoms with Crippen LogP contribution in [0.5, 0.6) is 11.5 Å². The van der Waals surface area contributed by atoms with Gasteiger partial charge in [-0.2, -0.15) is 4.68 Å². The van der Waals surface area contributed by atoms with Gasteiger partial charge in [-0.3, -0.25) is 4.79 Å². The van der Waals surface area contributed by atoms with E-state index in [4.69, 9.17) is 9.47 Å². The van der Waals surface area contributed by atoms with Crippen LogP contribution in [0.4, 0.5) is 0 Å². The van der Waals surface area contributed by atoms with Gasteiger partial charge in [0.15, 0.2) is 0 Å². The lowest BCUT2D eigenvalue weighted by molar-refractivity contribution is -0.118. The lowest BCUT2D eigenvalue weighted by Gasteiger charge is -2.09. The van der Waals surface area contributed by atoms with Gasteiger partial charge in [0.2, 0.25) is 11.1 Å². The molecular weight excluding hydrogens is 416 g/mol. The van der Waals surface area contributed by atoms with Crippen molar-refractivity contribution in [1.29, 1.82) is 0 Å². The Bertz CT molecular complexity index is 1190. The van der Waals surface area contributed by atoms with Crippen LogP contribution in [-0.4, -0.2) is 57.6 Å². The zero-order valence-electron chi connectivity index (χ0n) is 17.2. The minimum atomic E-state index is -0.0823. The lowest BCUT2D eigenvalue weighted by Crippen LogP contribution is -2.27. The Morgan fingerprint density at radius 2 is 2.06 bits per heavy atom. The molecule has 1 amide bonds. The van der Waals surface area contributed by atoms with Crippen LogP contribution < -0.4 is 14.8 Å². The summed E-state index contributed by atoms with van der Waals surface area (Å²) in [6.45, 7) is 0.538. The van der Waals surface area contributed by atoms with E-state index in [0.717, 1.165) is 28.6 Å². The number of nitrogens with zero attached hydrogens (tertiary/aromatic N) is 4. The fourth-order valence-electron chi connectivity index (χ4n) is 3.24. The molecule has 0 bridgehead atoms. The largest absolute Gasteiger partial charge is 0.497 e. The SMILES string of the molecule is COc1ccc2c(CCNC(=O)CSc3nnnn3-c3ccccc3OC)c[nH]c2c1. The predicted molar refractivity (Wildman–Crippen MR) is 118 cm³/mol. The fraction of sp³-hybridized carbons (Fsp3) is 0.238. The number of hydrogen-bond acceptors (Lipinski definition) is 7. The summed E-state index contributed by atoms with van der Waals surface area (Å²) in [5, 5.41) is 16.4. The Labute approximate surface area is 183 Å². The van der Waals surface area contributed by atoms with E-state index in [9.17, 15) is 4.79 Å². The average molecular weight is 439 g/mol. The van der Waals surface area contributed by atoms with Crippen molar-refractivity contribution in [2.75, 3.05) is 26.5 Å². The minimum Gasteiger partial charge on any atom is -0.497 e. The number of rotatable bonds is 9. The molecule has 0 aliphatic rings. The first-order valence-corrected chi connectivity index (χ1v) is 10.6. The van der Waals surface area contributed by atoms with Crippen molar-refractivity contribution in [3.05, 3.63) is 54.2 Å². The van der Waals surface area contributed by atoms with Crippen molar-refractivity contribution in [2.45, 2.75) is 11.6 Å². The number of ether oxygens (including phenoxy) is 2. The number of carbonyl (C=O) groups excluding carboxylic acids is 1. The number of thioether (sulfide) groups is 1. The van der Waals surface area contributed by atoms with Gasteiger partial charge in [0, 0.05) is 29.7 Å². The summed E-state index contributed by atoms with van der Waals surface area (Å²) < 4.78 is 12.2. The molecule has 0 aliphatic carbocycles. The van der Waals surface area contributed by atoms with E-state index in [1.807, 2.05) is 48.7 Å². The number of amides is 1. The fourth-order valence-corrected chi connectivity index (χ4v) is 3.96. The maximum Gasteiger partial charge on any atom is 0.230 e. The summed E-state index contributed by atoms with van der Waals surface area (Å²) in [7, 11) is 3.24. The zero-order chi connectivity index (χ0) is 21.6. The number of tetrazole rings is 1. The van der Waals surface area contributed by atoms with E-state index in [1.165, 1.54) is 11.8 Å². The van der Waals surface area contributed by atoms with Gasteiger partial charge in [0.05, 0.1) is 20.0 Å². The van der Waals surface area contributed by atoms with E-state index in [2.05, 4.69) is 25.8 Å². The third-order valence-electron chi connectivity index (χ3n) is 4.78. The summed E-state index contributed by atoms with van der Waals surface area (Å²) in [4.78, 5) is 15.6. The molecule has 0 unspecified atom stereocenters. The molecule has 160 valence electrons. The molecule has 0 saturated heterocycles. The Morgan fingerprint density at radius 1 is 1.19 bits per heavy atom. The van der Waals surface area contributed by atoms with Gasteiger partial charge >= 0.3 is 0 Å². The highest BCUT2D eigenvalue weighted by Gasteiger charge is 2.14. The summed E-state index contributed by atoms with van der Waals surface area (Å²) in [5.41, 5.74) is 2.87. The molecule has 2 aromatic carbocycles. The number of aromatic amines is 1. The van der Waals surface area contributed by atoms with E-state index >= 15 is 0 Å². The summed E-state index contributed by atoms with van der Waals surface area (Å²) in [6.07, 6.45) is 2.69. The number of H-pyrrole nitrogens is 1. The number of methoxy groups -OCH3 is 2. The van der Waals surface area contributed by atoms with Gasteiger partial charge in [-0.25, -0.2) is 0 Å². The Balaban J connectivity index is 1.31. The monoisotopic (exact) mass is 438 g/mol. The van der Waals surface area contributed by atoms with Crippen molar-refractivity contribution >= 4 is 28.6 Å². The lowest BCUT2D eigenvalue weighted by atomic mass is 10.1. The van der Waals surface area contributed by atoms with Crippen LogP contribution in [0.1, 0.15) is 5.56 Å². The minimum absolute atomic E-state index is 0.0823. The summed E-state index contributed by atoms with van der Waals surface area (Å²) in [5.74, 6) is 1.58. The van der Waals surface area contributed by atoms with Crippen molar-refractivity contribution in [1.82, 2.24) is 30.5 Å². The molecule has 9 nitrogen and oxygen atoms in total. The first kappa shape index (κ1) is 20.7. The van der Waals surface area contributed by atoms with Gasteiger partial charge in [-0.15, -0.1) is 5.10 Å². The highest BCUT2D eigenvalue weighted by Crippen LogP contribution is 2.26. The Hall–Kier alpha value is -3.53. The Morgan fingerprint density at radius 3 is 2.90 bits per heavy atom. The number of benzene rings is 2. The average Bonchev–Trinajstić information content (AvgIpc) is 3.44. The molecule has 31 heavy (non-hydrogen) atoms. The number of para-hydroxylation sites is 2. The van der Waals surface area contributed by atoms with Crippen LogP contribution in [-0.2, 0) is 11.2 Å². The van der Waals surface area contributed by atoms with Crippen LogP contribution in [0.2, 0.25) is 0 Å². The highest BCUT2D eigenvalue weighted by molar-refractivity contribution is 7.99. The zero-order valence-corrected chi connectivity index (χ0v) is 18.0. The van der Waals surface area contributed by atoms with Gasteiger partial charge in [0.25, 0.3) is 0 Å². The van der Waals surface area contributed by atoms with Gasteiger partial charge in [-0.05, 0) is 46.7 Å². The van der Waals surface area contributed by atoms with Crippen molar-refractivity contribution in [3.63, 3.8) is 0 Å². The molecule has 0 saturated carbocycles. The molecule has 0 spiro atoms. The summed E-state index contributed by atoms with van der Waals surface area (Å²) >= 11 is 1.27. The second kappa shape index (κ2) is 9.52. The van der Waals surface area contributed by atoms with E-state index < -0.39 is 0 Å². The highest BCUT2D eigenvalue weighted by atomic mass is 32.2. The molecule has 0 aliphatic heterocycles. The van der Waals surface area contributed by atoms with Gasteiger partial charge in [-0.1, -0.05) is 23.9 Å². The number of hydrogen-bond donors (Lipinski definition) is 2. The molecule has 4 rings (SSSR count). The van der Waals surface area contributed by atoms with Crippen LogP contribution in [0, 0.1) is 0 Å². The van der Waals surface area contributed by atoms with E-state index in [1.54, 1.807) is 18.9 Å². The molecule has 2 aromatic heterocycles. The smallest absolute Gasteiger partial charge is 0.230 e. The summed E-state index contributed by atoms with van der Waals surface area (Å²) in [6, 6.07) is 13.4. The number of aromatic nitrogens is 5. The first-order valence-electron chi connectivity index (χ1n) is 9.65. The molecule has 10 heteroatoms. The van der Waals surface area contributed by atoms with Crippen LogP contribution >= 0.6 is 11.8 Å². The van der Waals surface area contributed by atoms with Crippen molar-refractivity contribution in [3.8, 4) is 17.2 Å². The number of nitrogens with one attached hydrogen (secondary N) is 2. The standard InChI is InChI=1S/C21H22N6O3S/c1-29-15-7-8-16-14(12-23-17(16)11-15)9-10-22-20(28)13-31-21-24-25-26-27(21)18-5-3-4-6-19(18)30-2/h3-8,11-12,23H,9-10,13H2,1-2H3,(H,22,28). The molecule has 2 heterocycles. The van der Waals surface area contributed by atoms with Crippen LogP contribution in [0.15, 0.2) is 53.8 Å². The Kier molecular flexibility index (Phi) is 6.37. The normalized spacial score (nSPS) is 10.9. The van der Waals surface area contributed by atoms with E-state index in [-0.39, 0.29) is 11.7 Å². The van der Waals surface area contributed by atoms with Gasteiger partial charge in [0.1, 0.15) is 17.2 Å². The van der Waals surface area contributed by atoms with Gasteiger partial charge < -0.3 is 19.8 Å². The molecule has 0 radical (unpaired) electrons. The number of carbonyl (C=O) groups is 1. The molecule has 4 aromatic rings. The quantitative estimate of drug-likeness (QED) is 0.387. The molecule has 0 fully saturated rings. The van der Waals surface area contributed by atoms with Crippen molar-refractivity contribution in [2.24, 2.45) is 0 Å². The third kappa shape index (κ3) is 4.64. The molecular formula is C21H22N6O3S. The topological polar surface area (TPSA) is 107 Å². The van der Waals surface area contributed by atoms with Crippen LogP contribution in [0.3, 0.4) is 0 Å². The maximum atomic E-state index is 12.3. The molecule has 0 atom stereocenters. The molecule has 2 N–H and O–H groups in total. The second-order valence-electron chi connectivity index (χ2n) is 6.66. The number of fused-ring (bicyclic) bond motifs is 1. The predicted octanol–water partition coefficient (Wildman–Crippen LogP) is 2.61.